The Bertz CT molecular complexity index is 1020. The van der Waals surface area contributed by atoms with Gasteiger partial charge in [0.05, 0.1) is 16.2 Å². The Balaban J connectivity index is 1.83. The van der Waals surface area contributed by atoms with Gasteiger partial charge in [-0.1, -0.05) is 18.2 Å². The number of hydrogen-bond donors (Lipinski definition) is 0. The van der Waals surface area contributed by atoms with E-state index in [0.717, 1.165) is 32.6 Å². The lowest BCUT2D eigenvalue weighted by atomic mass is 9.66. The van der Waals surface area contributed by atoms with Crippen molar-refractivity contribution in [3.05, 3.63) is 30.3 Å². The molecule has 212 valence electrons. The molecule has 3 rings (SSSR count). The lowest BCUT2D eigenvalue weighted by molar-refractivity contribution is -0.222. The predicted octanol–water partition coefficient (Wildman–Crippen LogP) is 6.66. The summed E-state index contributed by atoms with van der Waals surface area (Å²) in [6, 6.07) is 8.51. The summed E-state index contributed by atoms with van der Waals surface area (Å²) in [7, 11) is 0. The van der Waals surface area contributed by atoms with Crippen LogP contribution in [0.5, 0.6) is 5.75 Å². The van der Waals surface area contributed by atoms with E-state index in [1.807, 2.05) is 0 Å². The van der Waals surface area contributed by atoms with Gasteiger partial charge in [0, 0.05) is 0 Å². The fourth-order valence-electron chi connectivity index (χ4n) is 6.03. The molecule has 2 bridgehead atoms. The topological polar surface area (TPSA) is 78.9 Å². The molecule has 0 aliphatic heterocycles. The monoisotopic (exact) mass is 540 g/mol. The third-order valence-corrected chi connectivity index (χ3v) is 7.89. The number of fused-ring (bicyclic) bond motifs is 2. The summed E-state index contributed by atoms with van der Waals surface area (Å²) >= 11 is 0. The number of carbonyl (C=O) groups excluding carboxylic acids is 3. The highest BCUT2D eigenvalue weighted by Crippen LogP contribution is 2.49. The van der Waals surface area contributed by atoms with Crippen LogP contribution in [0, 0.1) is 28.1 Å². The van der Waals surface area contributed by atoms with E-state index in [1.165, 1.54) is 13.8 Å². The van der Waals surface area contributed by atoms with Crippen molar-refractivity contribution in [1.29, 1.82) is 0 Å². The quantitative estimate of drug-likeness (QED) is 0.244. The van der Waals surface area contributed by atoms with Crippen molar-refractivity contribution in [3.8, 4) is 5.75 Å². The lowest BCUT2D eigenvalue weighted by Gasteiger charge is -2.40. The fraction of sp³-hybridized carbons (Fsp3) is 0.690. The molecular weight excluding hydrogens is 501 g/mol. The van der Waals surface area contributed by atoms with E-state index < -0.39 is 46.4 Å². The molecule has 0 spiro atoms. The molecule has 2 fully saturated rings. The SMILES string of the molecule is CC(OC(=O)C(C)(C)CC(C)(CC(C)(C)C(=O)Oc1ccccc1)C(=O)OC1CC2CCC1C2)C(F)(F)F. The minimum Gasteiger partial charge on any atom is -0.462 e. The summed E-state index contributed by atoms with van der Waals surface area (Å²) < 4.78 is 55.4. The van der Waals surface area contributed by atoms with E-state index in [9.17, 15) is 27.6 Å². The molecule has 6 nitrogen and oxygen atoms in total. The van der Waals surface area contributed by atoms with Crippen LogP contribution >= 0.6 is 0 Å². The average molecular weight is 541 g/mol. The molecule has 0 N–H and O–H groups in total. The minimum atomic E-state index is -4.71. The number of esters is 3. The van der Waals surface area contributed by atoms with E-state index in [-0.39, 0.29) is 24.9 Å². The Kier molecular flexibility index (Phi) is 8.59. The van der Waals surface area contributed by atoms with Crippen molar-refractivity contribution < 1.29 is 41.8 Å². The van der Waals surface area contributed by atoms with Crippen LogP contribution in [0.2, 0.25) is 0 Å². The molecule has 2 saturated carbocycles. The molecule has 9 heteroatoms. The molecule has 2 aliphatic rings. The first-order chi connectivity index (χ1) is 17.4. The van der Waals surface area contributed by atoms with E-state index >= 15 is 0 Å². The number of alkyl halides is 3. The Hall–Kier alpha value is -2.58. The van der Waals surface area contributed by atoms with Crippen molar-refractivity contribution in [2.24, 2.45) is 28.1 Å². The van der Waals surface area contributed by atoms with Crippen LogP contribution in [0.4, 0.5) is 13.2 Å². The molecule has 0 radical (unpaired) electrons. The summed E-state index contributed by atoms with van der Waals surface area (Å²) in [6.07, 6.45) is -3.57. The average Bonchev–Trinajstić information content (AvgIpc) is 3.41. The van der Waals surface area contributed by atoms with Crippen molar-refractivity contribution in [1.82, 2.24) is 0 Å². The molecule has 0 amide bonds. The maximum atomic E-state index is 13.7. The van der Waals surface area contributed by atoms with Gasteiger partial charge in [-0.15, -0.1) is 0 Å². The van der Waals surface area contributed by atoms with Crippen molar-refractivity contribution >= 4 is 17.9 Å². The van der Waals surface area contributed by atoms with Crippen molar-refractivity contribution in [2.75, 3.05) is 0 Å². The molecule has 0 aromatic heterocycles. The van der Waals surface area contributed by atoms with E-state index in [4.69, 9.17) is 14.2 Å². The zero-order valence-corrected chi connectivity index (χ0v) is 23.0. The molecule has 2 aliphatic carbocycles. The van der Waals surface area contributed by atoms with Gasteiger partial charge in [-0.2, -0.15) is 13.2 Å². The van der Waals surface area contributed by atoms with Crippen LogP contribution in [-0.4, -0.2) is 36.3 Å². The Morgan fingerprint density at radius 2 is 1.45 bits per heavy atom. The first kappa shape index (κ1) is 30.0. The highest BCUT2D eigenvalue weighted by atomic mass is 19.4. The third kappa shape index (κ3) is 7.08. The number of hydrogen-bond acceptors (Lipinski definition) is 6. The number of benzene rings is 1. The van der Waals surface area contributed by atoms with Crippen LogP contribution in [0.1, 0.15) is 80.1 Å². The highest BCUT2D eigenvalue weighted by Gasteiger charge is 2.52. The van der Waals surface area contributed by atoms with Crippen molar-refractivity contribution in [3.63, 3.8) is 0 Å². The summed E-state index contributed by atoms with van der Waals surface area (Å²) in [5.74, 6) is -1.06. The van der Waals surface area contributed by atoms with Gasteiger partial charge in [-0.3, -0.25) is 14.4 Å². The molecule has 5 atom stereocenters. The summed E-state index contributed by atoms with van der Waals surface area (Å²) in [4.78, 5) is 39.7. The van der Waals surface area contributed by atoms with Gasteiger partial charge in [0.25, 0.3) is 0 Å². The number of rotatable bonds is 10. The lowest BCUT2D eigenvalue weighted by Crippen LogP contribution is -2.46. The van der Waals surface area contributed by atoms with Gasteiger partial charge in [0.2, 0.25) is 0 Å². The number of para-hydroxylation sites is 1. The number of halogens is 3. The molecule has 0 saturated heterocycles. The van der Waals surface area contributed by atoms with Gasteiger partial charge >= 0.3 is 24.1 Å². The van der Waals surface area contributed by atoms with Gasteiger partial charge in [0.15, 0.2) is 6.10 Å². The van der Waals surface area contributed by atoms with Crippen molar-refractivity contribution in [2.45, 2.75) is 98.5 Å². The molecular formula is C29H39F3O6. The first-order valence-corrected chi connectivity index (χ1v) is 13.2. The van der Waals surface area contributed by atoms with Gasteiger partial charge in [-0.05, 0) is 104 Å². The number of ether oxygens (including phenoxy) is 3. The summed E-state index contributed by atoms with van der Waals surface area (Å²) in [5, 5.41) is 0. The molecule has 1 aromatic carbocycles. The second kappa shape index (κ2) is 10.9. The predicted molar refractivity (Wildman–Crippen MR) is 134 cm³/mol. The normalized spacial score (nSPS) is 23.9. The summed E-state index contributed by atoms with van der Waals surface area (Å²) in [6.45, 7) is 8.52. The minimum absolute atomic E-state index is 0.0448. The number of carbonyl (C=O) groups is 3. The maximum absolute atomic E-state index is 13.7. The van der Waals surface area contributed by atoms with Gasteiger partial charge in [-0.25, -0.2) is 0 Å². The Morgan fingerprint density at radius 3 is 1.95 bits per heavy atom. The van der Waals surface area contributed by atoms with Crippen LogP contribution in [0.15, 0.2) is 30.3 Å². The second-order valence-corrected chi connectivity index (χ2v) is 12.6. The van der Waals surface area contributed by atoms with Gasteiger partial charge in [0.1, 0.15) is 11.9 Å². The van der Waals surface area contributed by atoms with Gasteiger partial charge < -0.3 is 14.2 Å². The highest BCUT2D eigenvalue weighted by molar-refractivity contribution is 5.83. The second-order valence-electron chi connectivity index (χ2n) is 12.6. The first-order valence-electron chi connectivity index (χ1n) is 13.2. The zero-order chi connectivity index (χ0) is 28.5. The Morgan fingerprint density at radius 1 is 0.868 bits per heavy atom. The Labute approximate surface area is 222 Å². The summed E-state index contributed by atoms with van der Waals surface area (Å²) in [5.41, 5.74) is -4.04. The smallest absolute Gasteiger partial charge is 0.425 e. The maximum Gasteiger partial charge on any atom is 0.425 e. The molecule has 5 unspecified atom stereocenters. The van der Waals surface area contributed by atoms with Crippen LogP contribution in [0.25, 0.3) is 0 Å². The van der Waals surface area contributed by atoms with Crippen LogP contribution < -0.4 is 4.74 Å². The fourth-order valence-corrected chi connectivity index (χ4v) is 6.03. The van der Waals surface area contributed by atoms with Crippen LogP contribution in [-0.2, 0) is 23.9 Å². The van der Waals surface area contributed by atoms with E-state index in [2.05, 4.69) is 0 Å². The molecule has 0 heterocycles. The van der Waals surface area contributed by atoms with E-state index in [0.29, 0.717) is 11.7 Å². The zero-order valence-electron chi connectivity index (χ0n) is 23.0. The third-order valence-electron chi connectivity index (χ3n) is 7.89. The standard InChI is InChI=1S/C29H39F3O6/c1-18(29(30,31)32)36-23(33)26(2,3)16-28(6,25(35)38-22-15-19-12-13-20(22)14-19)17-27(4,5)24(34)37-21-10-8-7-9-11-21/h7-11,18-20,22H,12-17H2,1-6H3. The van der Waals surface area contributed by atoms with Crippen LogP contribution in [0.3, 0.4) is 0 Å². The van der Waals surface area contributed by atoms with E-state index in [1.54, 1.807) is 51.1 Å². The largest absolute Gasteiger partial charge is 0.462 e. The molecule has 1 aromatic rings. The molecule has 38 heavy (non-hydrogen) atoms.